The number of rotatable bonds is 5. The number of likely N-dealkylation sites (tertiary alicyclic amines) is 1. The topological polar surface area (TPSA) is 71.3 Å². The van der Waals surface area contributed by atoms with Crippen LogP contribution in [0.4, 0.5) is 8.78 Å². The lowest BCUT2D eigenvalue weighted by molar-refractivity contribution is 0.0925. The summed E-state index contributed by atoms with van der Waals surface area (Å²) in [4.78, 5) is 18.2. The summed E-state index contributed by atoms with van der Waals surface area (Å²) in [5, 5.41) is 6.53. The van der Waals surface area contributed by atoms with Gasteiger partial charge in [-0.1, -0.05) is 5.16 Å². The van der Waals surface area contributed by atoms with E-state index < -0.39 is 17.5 Å². The Labute approximate surface area is 137 Å². The summed E-state index contributed by atoms with van der Waals surface area (Å²) in [5.74, 6) is -1.18. The lowest BCUT2D eigenvalue weighted by Gasteiger charge is -2.31. The first kappa shape index (κ1) is 16.5. The van der Waals surface area contributed by atoms with Gasteiger partial charge in [0.25, 0.3) is 5.91 Å². The zero-order valence-electron chi connectivity index (χ0n) is 13.0. The lowest BCUT2D eigenvalue weighted by Crippen LogP contribution is -2.40. The maximum Gasteiger partial charge on any atom is 0.254 e. The summed E-state index contributed by atoms with van der Waals surface area (Å²) in [7, 11) is 0. The number of nitrogens with one attached hydrogen (secondary N) is 1. The highest BCUT2D eigenvalue weighted by Gasteiger charge is 2.22. The average Bonchev–Trinajstić information content (AvgIpc) is 3.06. The van der Waals surface area contributed by atoms with Crippen LogP contribution in [0.25, 0.3) is 0 Å². The Morgan fingerprint density at radius 3 is 3.04 bits per heavy atom. The van der Waals surface area contributed by atoms with Crippen LogP contribution in [0.3, 0.4) is 0 Å². The minimum atomic E-state index is -0.852. The van der Waals surface area contributed by atoms with Crippen molar-refractivity contribution in [3.05, 3.63) is 47.6 Å². The maximum atomic E-state index is 13.6. The highest BCUT2D eigenvalue weighted by atomic mass is 19.1. The number of carbonyl (C=O) groups is 1. The predicted octanol–water partition coefficient (Wildman–Crippen LogP) is 1.99. The number of hydrogen-bond donors (Lipinski definition) is 1. The van der Waals surface area contributed by atoms with Gasteiger partial charge in [0.05, 0.1) is 12.1 Å². The molecule has 0 radical (unpaired) electrons. The molecule has 2 heterocycles. The van der Waals surface area contributed by atoms with E-state index in [2.05, 4.69) is 20.4 Å². The highest BCUT2D eigenvalue weighted by Crippen LogP contribution is 2.17. The van der Waals surface area contributed by atoms with Crippen LogP contribution in [0.2, 0.25) is 0 Å². The summed E-state index contributed by atoms with van der Waals surface area (Å²) in [5.41, 5.74) is -0.143. The zero-order valence-corrected chi connectivity index (χ0v) is 13.0. The molecule has 1 aromatic heterocycles. The Bertz CT molecular complexity index is 693. The van der Waals surface area contributed by atoms with Gasteiger partial charge in [-0.05, 0) is 37.4 Å². The molecule has 1 fully saturated rings. The largest absolute Gasteiger partial charge is 0.352 e. The minimum Gasteiger partial charge on any atom is -0.352 e. The van der Waals surface area contributed by atoms with Gasteiger partial charge in [-0.15, -0.1) is 0 Å². The number of benzene rings is 1. The van der Waals surface area contributed by atoms with Crippen LogP contribution in [0, 0.1) is 17.6 Å². The van der Waals surface area contributed by atoms with Gasteiger partial charge in [0, 0.05) is 19.2 Å². The molecule has 1 atom stereocenters. The van der Waals surface area contributed by atoms with Gasteiger partial charge in [-0.2, -0.15) is 4.98 Å². The van der Waals surface area contributed by atoms with E-state index in [0.717, 1.165) is 38.1 Å². The molecule has 1 aliphatic rings. The first-order valence-electron chi connectivity index (χ1n) is 7.82. The number of hydrogen-bond acceptors (Lipinski definition) is 5. The molecular weight excluding hydrogens is 318 g/mol. The van der Waals surface area contributed by atoms with Gasteiger partial charge in [0.15, 0.2) is 5.82 Å². The Morgan fingerprint density at radius 2 is 2.29 bits per heavy atom. The number of carbonyl (C=O) groups excluding carboxylic acids is 1. The van der Waals surface area contributed by atoms with Crippen LogP contribution >= 0.6 is 0 Å². The third kappa shape index (κ3) is 4.14. The number of halogens is 2. The van der Waals surface area contributed by atoms with Gasteiger partial charge in [0.1, 0.15) is 11.6 Å². The second-order valence-electron chi connectivity index (χ2n) is 5.92. The van der Waals surface area contributed by atoms with E-state index in [1.165, 1.54) is 6.39 Å². The normalized spacial score (nSPS) is 18.5. The summed E-state index contributed by atoms with van der Waals surface area (Å²) in [6, 6.07) is 2.94. The fraction of sp³-hybridized carbons (Fsp3) is 0.438. The fourth-order valence-corrected chi connectivity index (χ4v) is 2.93. The molecule has 1 N–H and O–H groups in total. The van der Waals surface area contributed by atoms with Crippen LogP contribution in [-0.4, -0.2) is 40.6 Å². The molecule has 1 saturated heterocycles. The average molecular weight is 336 g/mol. The standard InChI is InChI=1S/C16H18F2N4O2/c17-12-3-4-13(14(18)6-12)16(23)19-7-11-2-1-5-22(8-11)9-15-20-10-24-21-15/h3-4,6,10-11H,1-2,5,7-9H2,(H,19,23). The maximum absolute atomic E-state index is 13.6. The van der Waals surface area contributed by atoms with E-state index >= 15 is 0 Å². The Kier molecular flexibility index (Phi) is 5.14. The molecule has 3 rings (SSSR count). The van der Waals surface area contributed by atoms with Crippen LogP contribution in [0.5, 0.6) is 0 Å². The van der Waals surface area contributed by atoms with E-state index in [9.17, 15) is 13.6 Å². The molecule has 0 spiro atoms. The van der Waals surface area contributed by atoms with Crippen LogP contribution < -0.4 is 5.32 Å². The lowest BCUT2D eigenvalue weighted by atomic mass is 9.98. The molecule has 24 heavy (non-hydrogen) atoms. The summed E-state index contributed by atoms with van der Waals surface area (Å²) < 4.78 is 31.2. The van der Waals surface area contributed by atoms with Crippen molar-refractivity contribution in [2.24, 2.45) is 5.92 Å². The van der Waals surface area contributed by atoms with Crippen molar-refractivity contribution in [3.8, 4) is 0 Å². The molecule has 0 bridgehead atoms. The molecule has 0 saturated carbocycles. The quantitative estimate of drug-likeness (QED) is 0.904. The molecule has 1 aliphatic heterocycles. The molecule has 1 unspecified atom stereocenters. The van der Waals surface area contributed by atoms with Gasteiger partial charge in [0.2, 0.25) is 6.39 Å². The SMILES string of the molecule is O=C(NCC1CCCN(Cc2ncon2)C1)c1ccc(F)cc1F. The zero-order chi connectivity index (χ0) is 16.9. The van der Waals surface area contributed by atoms with Crippen molar-refractivity contribution in [1.82, 2.24) is 20.4 Å². The monoisotopic (exact) mass is 336 g/mol. The second-order valence-corrected chi connectivity index (χ2v) is 5.92. The molecule has 128 valence electrons. The van der Waals surface area contributed by atoms with Crippen molar-refractivity contribution in [1.29, 1.82) is 0 Å². The Balaban J connectivity index is 1.51. The smallest absolute Gasteiger partial charge is 0.254 e. The second kappa shape index (κ2) is 7.48. The molecule has 1 amide bonds. The predicted molar refractivity (Wildman–Crippen MR) is 81.0 cm³/mol. The van der Waals surface area contributed by atoms with E-state index in [0.29, 0.717) is 25.0 Å². The van der Waals surface area contributed by atoms with Crippen molar-refractivity contribution < 1.29 is 18.1 Å². The number of piperidine rings is 1. The number of nitrogens with zero attached hydrogens (tertiary/aromatic N) is 3. The Morgan fingerprint density at radius 1 is 1.42 bits per heavy atom. The van der Waals surface area contributed by atoms with Crippen LogP contribution in [0.15, 0.2) is 29.1 Å². The van der Waals surface area contributed by atoms with Gasteiger partial charge < -0.3 is 9.84 Å². The molecule has 8 heteroatoms. The third-order valence-electron chi connectivity index (χ3n) is 4.10. The molecule has 0 aliphatic carbocycles. The molecule has 1 aromatic carbocycles. The van der Waals surface area contributed by atoms with E-state index in [4.69, 9.17) is 4.52 Å². The first-order valence-corrected chi connectivity index (χ1v) is 7.82. The van der Waals surface area contributed by atoms with Crippen molar-refractivity contribution in [3.63, 3.8) is 0 Å². The van der Waals surface area contributed by atoms with Gasteiger partial charge in [-0.3, -0.25) is 9.69 Å². The van der Waals surface area contributed by atoms with E-state index in [1.54, 1.807) is 0 Å². The van der Waals surface area contributed by atoms with Crippen molar-refractivity contribution in [2.75, 3.05) is 19.6 Å². The van der Waals surface area contributed by atoms with Gasteiger partial charge >= 0.3 is 0 Å². The summed E-state index contributed by atoms with van der Waals surface area (Å²) >= 11 is 0. The van der Waals surface area contributed by atoms with Crippen LogP contribution in [-0.2, 0) is 6.54 Å². The number of aromatic nitrogens is 2. The summed E-state index contributed by atoms with van der Waals surface area (Å²) in [6.45, 7) is 2.78. The van der Waals surface area contributed by atoms with E-state index in [1.807, 2.05) is 0 Å². The molecule has 2 aromatic rings. The highest BCUT2D eigenvalue weighted by molar-refractivity contribution is 5.94. The van der Waals surface area contributed by atoms with Crippen molar-refractivity contribution in [2.45, 2.75) is 19.4 Å². The first-order chi connectivity index (χ1) is 11.6. The third-order valence-corrected chi connectivity index (χ3v) is 4.10. The Hall–Kier alpha value is -2.35. The molecule has 6 nitrogen and oxygen atoms in total. The van der Waals surface area contributed by atoms with E-state index in [-0.39, 0.29) is 11.5 Å². The fourth-order valence-electron chi connectivity index (χ4n) is 2.93. The summed E-state index contributed by atoms with van der Waals surface area (Å²) in [6.07, 6.45) is 3.28. The van der Waals surface area contributed by atoms with Crippen molar-refractivity contribution >= 4 is 5.91 Å². The minimum absolute atomic E-state index is 0.143. The molecular formula is C16H18F2N4O2. The van der Waals surface area contributed by atoms with Gasteiger partial charge in [-0.25, -0.2) is 8.78 Å². The number of amides is 1. The van der Waals surface area contributed by atoms with Crippen LogP contribution in [0.1, 0.15) is 29.0 Å².